The molecule has 9 heteroatoms. The summed E-state index contributed by atoms with van der Waals surface area (Å²) in [5, 5.41) is 0. The Morgan fingerprint density at radius 3 is 2.77 bits per heavy atom. The van der Waals surface area contributed by atoms with Gasteiger partial charge in [-0.2, -0.15) is 0 Å². The average Bonchev–Trinajstić information content (AvgIpc) is 3.16. The summed E-state index contributed by atoms with van der Waals surface area (Å²) in [7, 11) is 0.185. The van der Waals surface area contributed by atoms with Gasteiger partial charge in [-0.15, -0.1) is 0 Å². The van der Waals surface area contributed by atoms with Gasteiger partial charge in [0.2, 0.25) is 0 Å². The highest BCUT2D eigenvalue weighted by molar-refractivity contribution is 7.85. The van der Waals surface area contributed by atoms with Crippen LogP contribution in [0.5, 0.6) is 0 Å². The molecule has 0 bridgehead atoms. The number of hydrogen-bond donors (Lipinski definition) is 1. The average molecular weight is 437 g/mol. The van der Waals surface area contributed by atoms with Gasteiger partial charge in [0.15, 0.2) is 5.82 Å². The van der Waals surface area contributed by atoms with Crippen molar-refractivity contribution in [1.29, 1.82) is 0 Å². The number of pyridine rings is 1. The number of hydrogen-bond acceptors (Lipinski definition) is 5. The molecule has 0 aliphatic heterocycles. The van der Waals surface area contributed by atoms with Crippen molar-refractivity contribution in [2.24, 2.45) is 0 Å². The summed E-state index contributed by atoms with van der Waals surface area (Å²) in [4.78, 5) is 8.63. The maximum atomic E-state index is 13.7. The zero-order valence-electron chi connectivity index (χ0n) is 17.1. The number of nitrogen functional groups attached to an aromatic ring is 1. The molecule has 0 radical (unpaired) electrons. The monoisotopic (exact) mass is 436 g/mol. The van der Waals surface area contributed by atoms with Gasteiger partial charge in [-0.3, -0.25) is 4.21 Å². The summed E-state index contributed by atoms with van der Waals surface area (Å²) >= 11 is 0. The molecule has 30 heavy (non-hydrogen) atoms. The van der Waals surface area contributed by atoms with E-state index < -0.39 is 22.4 Å². The normalized spacial score (nSPS) is 13.6. The van der Waals surface area contributed by atoms with Crippen molar-refractivity contribution in [2.45, 2.75) is 43.5 Å². The maximum Gasteiger partial charge on any atom is 0.151 e. The predicted molar refractivity (Wildman–Crippen MR) is 114 cm³/mol. The fourth-order valence-corrected chi connectivity index (χ4v) is 4.74. The number of benzene rings is 1. The number of ether oxygens (including phenoxy) is 1. The van der Waals surface area contributed by atoms with Crippen LogP contribution in [-0.2, 0) is 15.5 Å². The molecule has 2 aromatic heterocycles. The highest BCUT2D eigenvalue weighted by Crippen LogP contribution is 2.27. The Labute approximate surface area is 176 Å². The lowest BCUT2D eigenvalue weighted by Gasteiger charge is -2.19. The van der Waals surface area contributed by atoms with E-state index in [0.29, 0.717) is 30.1 Å². The van der Waals surface area contributed by atoms with Gasteiger partial charge in [0.25, 0.3) is 0 Å². The molecule has 0 fully saturated rings. The van der Waals surface area contributed by atoms with E-state index in [9.17, 15) is 13.0 Å². The Bertz CT molecular complexity index is 1040. The molecule has 1 aromatic carbocycles. The Morgan fingerprint density at radius 2 is 2.03 bits per heavy atom. The second-order valence-corrected chi connectivity index (χ2v) is 8.80. The summed E-state index contributed by atoms with van der Waals surface area (Å²) in [6.45, 7) is 2.50. The maximum absolute atomic E-state index is 13.7. The van der Waals surface area contributed by atoms with Gasteiger partial charge >= 0.3 is 0 Å². The molecule has 0 aliphatic carbocycles. The first-order valence-electron chi connectivity index (χ1n) is 9.82. The number of rotatable bonds is 10. The van der Waals surface area contributed by atoms with Crippen LogP contribution >= 0.6 is 0 Å². The van der Waals surface area contributed by atoms with Gasteiger partial charge in [0, 0.05) is 25.1 Å². The van der Waals surface area contributed by atoms with Crippen LogP contribution in [0.4, 0.5) is 14.6 Å². The predicted octanol–water partition coefficient (Wildman–Crippen LogP) is 4.16. The molecule has 2 atom stereocenters. The van der Waals surface area contributed by atoms with Crippen molar-refractivity contribution in [3.63, 3.8) is 0 Å². The number of aromatic nitrogens is 3. The topological polar surface area (TPSA) is 83.0 Å². The van der Waals surface area contributed by atoms with Crippen molar-refractivity contribution in [3.05, 3.63) is 47.9 Å². The number of nitrogens with zero attached hydrogens (tertiary/aromatic N) is 3. The molecule has 3 aromatic rings. The van der Waals surface area contributed by atoms with Crippen molar-refractivity contribution < 1.29 is 17.7 Å². The highest BCUT2D eigenvalue weighted by atomic mass is 32.2. The van der Waals surface area contributed by atoms with Crippen molar-refractivity contribution in [2.75, 3.05) is 25.2 Å². The number of imidazole rings is 1. The third-order valence-electron chi connectivity index (χ3n) is 5.07. The van der Waals surface area contributed by atoms with Gasteiger partial charge < -0.3 is 15.0 Å². The smallest absolute Gasteiger partial charge is 0.151 e. The molecule has 6 nitrogen and oxygen atoms in total. The summed E-state index contributed by atoms with van der Waals surface area (Å²) in [6, 6.07) is 3.23. The quantitative estimate of drug-likeness (QED) is 0.483. The van der Waals surface area contributed by atoms with Crippen molar-refractivity contribution >= 4 is 27.7 Å². The van der Waals surface area contributed by atoms with Crippen LogP contribution in [0.15, 0.2) is 35.6 Å². The van der Waals surface area contributed by atoms with Crippen LogP contribution < -0.4 is 5.73 Å². The minimum atomic E-state index is -1.48. The molecule has 2 unspecified atom stereocenters. The zero-order valence-corrected chi connectivity index (χ0v) is 17.9. The second kappa shape index (κ2) is 10.1. The first-order chi connectivity index (χ1) is 14.4. The SMILES string of the molecule is COCC(CCCCCS(=O)c1ccc(F)cc1F)n1cnc2c(N)ncc(C)c21. The number of unbranched alkanes of at least 4 members (excludes halogenated alkanes) is 2. The lowest BCUT2D eigenvalue weighted by atomic mass is 10.1. The number of fused-ring (bicyclic) bond motifs is 1. The minimum absolute atomic E-state index is 0.0558. The molecule has 2 N–H and O–H groups in total. The molecular formula is C21H26F2N4O2S. The molecule has 162 valence electrons. The summed E-state index contributed by atoms with van der Waals surface area (Å²) in [5.74, 6) is -0.685. The summed E-state index contributed by atoms with van der Waals surface area (Å²) in [5.41, 5.74) is 8.59. The lowest BCUT2D eigenvalue weighted by molar-refractivity contribution is 0.151. The van der Waals surface area contributed by atoms with E-state index in [2.05, 4.69) is 14.5 Å². The van der Waals surface area contributed by atoms with Crippen LogP contribution in [0.25, 0.3) is 11.0 Å². The Balaban J connectivity index is 1.57. The molecule has 3 rings (SSSR count). The van der Waals surface area contributed by atoms with E-state index in [-0.39, 0.29) is 10.9 Å². The molecule has 2 heterocycles. The van der Waals surface area contributed by atoms with E-state index >= 15 is 0 Å². The largest absolute Gasteiger partial charge is 0.383 e. The van der Waals surface area contributed by atoms with Crippen molar-refractivity contribution in [3.8, 4) is 0 Å². The third-order valence-corrected chi connectivity index (χ3v) is 6.55. The van der Waals surface area contributed by atoms with Crippen molar-refractivity contribution in [1.82, 2.24) is 14.5 Å². The fourth-order valence-electron chi connectivity index (χ4n) is 3.56. The third kappa shape index (κ3) is 5.02. The lowest BCUT2D eigenvalue weighted by Crippen LogP contribution is -2.14. The van der Waals surface area contributed by atoms with Crippen LogP contribution in [-0.4, -0.2) is 38.2 Å². The Hall–Kier alpha value is -2.39. The molecule has 0 aliphatic rings. The van der Waals surface area contributed by atoms with E-state index in [4.69, 9.17) is 10.5 Å². The molecular weight excluding hydrogens is 410 g/mol. The number of nitrogens with two attached hydrogens (primary N) is 1. The van der Waals surface area contributed by atoms with E-state index in [1.54, 1.807) is 19.6 Å². The van der Waals surface area contributed by atoms with E-state index in [0.717, 1.165) is 42.5 Å². The zero-order chi connectivity index (χ0) is 21.7. The summed E-state index contributed by atoms with van der Waals surface area (Å²) in [6.07, 6.45) is 6.76. The molecule has 0 amide bonds. The number of aryl methyl sites for hydroxylation is 1. The van der Waals surface area contributed by atoms with E-state index in [1.165, 1.54) is 6.07 Å². The molecule has 0 saturated heterocycles. The van der Waals surface area contributed by atoms with Crippen LogP contribution in [0.1, 0.15) is 37.3 Å². The second-order valence-electron chi connectivity index (χ2n) is 7.26. The molecule has 0 spiro atoms. The fraction of sp³-hybridized carbons (Fsp3) is 0.429. The minimum Gasteiger partial charge on any atom is -0.383 e. The van der Waals surface area contributed by atoms with Crippen LogP contribution in [0.3, 0.4) is 0 Å². The van der Waals surface area contributed by atoms with Gasteiger partial charge in [0.05, 0.1) is 40.2 Å². The van der Waals surface area contributed by atoms with Gasteiger partial charge in [0.1, 0.15) is 17.2 Å². The standard InChI is InChI=1S/C21H26F2N4O2S/c1-14-11-25-21(24)19-20(14)27(13-26-19)16(12-29-2)6-4-3-5-9-30(28)18-8-7-15(22)10-17(18)23/h7-8,10-11,13,16H,3-6,9,12H2,1-2H3,(H2,24,25). The number of halogens is 2. The Kier molecular flexibility index (Phi) is 7.49. The molecule has 0 saturated carbocycles. The van der Waals surface area contributed by atoms with Crippen LogP contribution in [0, 0.1) is 18.6 Å². The van der Waals surface area contributed by atoms with Gasteiger partial charge in [-0.1, -0.05) is 12.8 Å². The summed E-state index contributed by atoms with van der Waals surface area (Å²) < 4.78 is 46.5. The van der Waals surface area contributed by atoms with E-state index in [1.807, 2.05) is 6.92 Å². The van der Waals surface area contributed by atoms with Crippen LogP contribution in [0.2, 0.25) is 0 Å². The van der Waals surface area contributed by atoms with Gasteiger partial charge in [-0.05, 0) is 37.5 Å². The highest BCUT2D eigenvalue weighted by Gasteiger charge is 2.17. The number of anilines is 1. The Morgan fingerprint density at radius 1 is 1.23 bits per heavy atom. The first-order valence-corrected chi connectivity index (χ1v) is 11.1. The van der Waals surface area contributed by atoms with Gasteiger partial charge in [-0.25, -0.2) is 18.7 Å². The first kappa shape index (κ1) is 22.3. The number of methoxy groups -OCH3 is 1.